The molecule has 0 spiro atoms. The molecule has 0 fully saturated rings. The van der Waals surface area contributed by atoms with Gasteiger partial charge in [0, 0.05) is 6.42 Å². The number of aliphatic hydroxyl groups excluding tert-OH is 1. The smallest absolute Gasteiger partial charge is 0.343 e. The van der Waals surface area contributed by atoms with Gasteiger partial charge in [-0.05, 0) is 6.42 Å². The highest BCUT2D eigenvalue weighted by Crippen LogP contribution is 2.14. The highest BCUT2D eigenvalue weighted by atomic mass is 16.6. The van der Waals surface area contributed by atoms with Crippen LogP contribution in [-0.2, 0) is 19.1 Å². The van der Waals surface area contributed by atoms with E-state index in [1.165, 1.54) is 70.6 Å². The molecule has 0 amide bonds. The van der Waals surface area contributed by atoms with Gasteiger partial charge in [-0.15, -0.1) is 0 Å². The van der Waals surface area contributed by atoms with Gasteiger partial charge < -0.3 is 14.9 Å². The van der Waals surface area contributed by atoms with Crippen molar-refractivity contribution >= 4 is 17.9 Å². The van der Waals surface area contributed by atoms with E-state index < -0.39 is 30.4 Å². The van der Waals surface area contributed by atoms with Crippen LogP contribution in [0.4, 0.5) is 0 Å². The summed E-state index contributed by atoms with van der Waals surface area (Å²) in [6.45, 7) is 2.25. The number of carbonyl (C=O) groups is 3. The summed E-state index contributed by atoms with van der Waals surface area (Å²) in [6.07, 6.45) is 16.0. The zero-order valence-corrected chi connectivity index (χ0v) is 17.6. The topological polar surface area (TPSA) is 101 Å². The summed E-state index contributed by atoms with van der Waals surface area (Å²) in [5.74, 6) is -3.21. The SMILES string of the molecule is CCCCCCCCCCCCCCCCCC(=O)OC(=O)C(O)CC(=O)O. The molecule has 0 saturated carbocycles. The first-order chi connectivity index (χ1) is 13.5. The summed E-state index contributed by atoms with van der Waals surface area (Å²) in [7, 11) is 0. The fourth-order valence-corrected chi connectivity index (χ4v) is 3.12. The number of ether oxygens (including phenoxy) is 1. The van der Waals surface area contributed by atoms with E-state index in [9.17, 15) is 19.5 Å². The molecule has 0 bridgehead atoms. The summed E-state index contributed by atoms with van der Waals surface area (Å²) in [5, 5.41) is 17.7. The van der Waals surface area contributed by atoms with E-state index in [1.807, 2.05) is 0 Å². The van der Waals surface area contributed by atoms with Crippen LogP contribution in [0.5, 0.6) is 0 Å². The number of esters is 2. The van der Waals surface area contributed by atoms with E-state index >= 15 is 0 Å². The highest BCUT2D eigenvalue weighted by molar-refractivity contribution is 5.89. The van der Waals surface area contributed by atoms with Gasteiger partial charge in [0.1, 0.15) is 0 Å². The molecule has 1 atom stereocenters. The molecule has 0 aliphatic carbocycles. The van der Waals surface area contributed by atoms with Crippen LogP contribution < -0.4 is 0 Å². The third-order valence-electron chi connectivity index (χ3n) is 4.84. The molecule has 0 aliphatic rings. The van der Waals surface area contributed by atoms with Crippen LogP contribution in [0.25, 0.3) is 0 Å². The Morgan fingerprint density at radius 2 is 1.11 bits per heavy atom. The predicted octanol–water partition coefficient (Wildman–Crippen LogP) is 5.15. The number of hydrogen-bond donors (Lipinski definition) is 2. The lowest BCUT2D eigenvalue weighted by Crippen LogP contribution is -2.28. The van der Waals surface area contributed by atoms with Crippen molar-refractivity contribution in [1.29, 1.82) is 0 Å². The second-order valence-corrected chi connectivity index (χ2v) is 7.61. The van der Waals surface area contributed by atoms with Crippen molar-refractivity contribution in [3.8, 4) is 0 Å². The Labute approximate surface area is 170 Å². The Hall–Kier alpha value is -1.43. The van der Waals surface area contributed by atoms with Crippen molar-refractivity contribution in [1.82, 2.24) is 0 Å². The van der Waals surface area contributed by atoms with Crippen LogP contribution in [0, 0.1) is 0 Å². The second kappa shape index (κ2) is 18.9. The second-order valence-electron chi connectivity index (χ2n) is 7.61. The molecule has 0 aromatic carbocycles. The number of aliphatic carboxylic acids is 1. The lowest BCUT2D eigenvalue weighted by atomic mass is 10.0. The quantitative estimate of drug-likeness (QED) is 0.177. The summed E-state index contributed by atoms with van der Waals surface area (Å²) < 4.78 is 4.44. The monoisotopic (exact) mass is 400 g/mol. The average molecular weight is 401 g/mol. The Kier molecular flexibility index (Phi) is 17.9. The molecule has 0 saturated heterocycles. The van der Waals surface area contributed by atoms with Gasteiger partial charge in [-0.1, -0.05) is 96.8 Å². The lowest BCUT2D eigenvalue weighted by Gasteiger charge is -2.07. The molecule has 0 aromatic heterocycles. The van der Waals surface area contributed by atoms with Crippen LogP contribution in [0.15, 0.2) is 0 Å². The third-order valence-corrected chi connectivity index (χ3v) is 4.84. The first kappa shape index (κ1) is 26.6. The molecular weight excluding hydrogens is 360 g/mol. The zero-order valence-electron chi connectivity index (χ0n) is 17.6. The van der Waals surface area contributed by atoms with Gasteiger partial charge in [-0.25, -0.2) is 4.79 Å². The minimum Gasteiger partial charge on any atom is -0.481 e. The highest BCUT2D eigenvalue weighted by Gasteiger charge is 2.22. The molecule has 0 rings (SSSR count). The number of carbonyl (C=O) groups excluding carboxylic acids is 2. The van der Waals surface area contributed by atoms with Gasteiger partial charge >= 0.3 is 17.9 Å². The number of rotatable bonds is 19. The van der Waals surface area contributed by atoms with Crippen molar-refractivity contribution in [3.05, 3.63) is 0 Å². The average Bonchev–Trinajstić information content (AvgIpc) is 2.64. The molecule has 6 nitrogen and oxygen atoms in total. The first-order valence-electron chi connectivity index (χ1n) is 11.1. The number of carboxylic acids is 1. The van der Waals surface area contributed by atoms with E-state index in [4.69, 9.17) is 5.11 Å². The number of hydrogen-bond acceptors (Lipinski definition) is 5. The Morgan fingerprint density at radius 3 is 1.50 bits per heavy atom. The molecule has 2 N–H and O–H groups in total. The van der Waals surface area contributed by atoms with Crippen LogP contribution in [0.1, 0.15) is 116 Å². The minimum atomic E-state index is -1.79. The molecule has 164 valence electrons. The van der Waals surface area contributed by atoms with E-state index in [2.05, 4.69) is 11.7 Å². The molecule has 1 unspecified atom stereocenters. The van der Waals surface area contributed by atoms with E-state index in [0.29, 0.717) is 6.42 Å². The first-order valence-corrected chi connectivity index (χ1v) is 11.1. The maximum Gasteiger partial charge on any atom is 0.343 e. The number of unbranched alkanes of at least 4 members (excludes halogenated alkanes) is 14. The van der Waals surface area contributed by atoms with Crippen LogP contribution in [0.2, 0.25) is 0 Å². The van der Waals surface area contributed by atoms with Crippen LogP contribution >= 0.6 is 0 Å². The zero-order chi connectivity index (χ0) is 21.0. The normalized spacial score (nSPS) is 11.9. The standard InChI is InChI=1S/C22H40O6/c1-2-3-4-5-6-7-8-9-10-11-12-13-14-15-16-17-21(26)28-22(27)19(23)18-20(24)25/h19,23H,2-18H2,1H3,(H,24,25). The summed E-state index contributed by atoms with van der Waals surface area (Å²) in [5.41, 5.74) is 0. The molecular formula is C22H40O6. The van der Waals surface area contributed by atoms with Crippen molar-refractivity contribution in [2.24, 2.45) is 0 Å². The predicted molar refractivity (Wildman–Crippen MR) is 109 cm³/mol. The summed E-state index contributed by atoms with van der Waals surface area (Å²) >= 11 is 0. The molecule has 6 heteroatoms. The Morgan fingerprint density at radius 1 is 0.714 bits per heavy atom. The third kappa shape index (κ3) is 18.0. The van der Waals surface area contributed by atoms with Crippen molar-refractivity contribution in [3.63, 3.8) is 0 Å². The van der Waals surface area contributed by atoms with E-state index in [-0.39, 0.29) is 6.42 Å². The van der Waals surface area contributed by atoms with Gasteiger partial charge in [-0.3, -0.25) is 9.59 Å². The fraction of sp³-hybridized carbons (Fsp3) is 0.864. The Bertz CT molecular complexity index is 421. The maximum atomic E-state index is 11.5. The van der Waals surface area contributed by atoms with Gasteiger partial charge in [0.05, 0.1) is 6.42 Å². The van der Waals surface area contributed by atoms with Gasteiger partial charge in [0.25, 0.3) is 0 Å². The number of aliphatic hydroxyl groups is 1. The molecule has 0 aromatic rings. The molecule has 0 radical (unpaired) electrons. The molecule has 28 heavy (non-hydrogen) atoms. The van der Waals surface area contributed by atoms with Crippen LogP contribution in [0.3, 0.4) is 0 Å². The Balaban J connectivity index is 3.35. The largest absolute Gasteiger partial charge is 0.481 e. The van der Waals surface area contributed by atoms with E-state index in [0.717, 1.165) is 19.3 Å². The van der Waals surface area contributed by atoms with Gasteiger partial charge in [-0.2, -0.15) is 0 Å². The van der Waals surface area contributed by atoms with Crippen LogP contribution in [-0.4, -0.2) is 34.2 Å². The minimum absolute atomic E-state index is 0.115. The number of carboxylic acid groups (broad SMARTS) is 1. The van der Waals surface area contributed by atoms with E-state index in [1.54, 1.807) is 0 Å². The van der Waals surface area contributed by atoms with Gasteiger partial charge in [0.15, 0.2) is 6.10 Å². The van der Waals surface area contributed by atoms with Crippen molar-refractivity contribution in [2.45, 2.75) is 122 Å². The molecule has 0 aliphatic heterocycles. The molecule has 0 heterocycles. The lowest BCUT2D eigenvalue weighted by molar-refractivity contribution is -0.168. The summed E-state index contributed by atoms with van der Waals surface area (Å²) in [6, 6.07) is 0. The maximum absolute atomic E-state index is 11.5. The van der Waals surface area contributed by atoms with Crippen molar-refractivity contribution < 1.29 is 29.3 Å². The van der Waals surface area contributed by atoms with Crippen molar-refractivity contribution in [2.75, 3.05) is 0 Å². The fourth-order valence-electron chi connectivity index (χ4n) is 3.12. The summed E-state index contributed by atoms with van der Waals surface area (Å²) in [4.78, 5) is 33.1. The van der Waals surface area contributed by atoms with Gasteiger partial charge in [0.2, 0.25) is 0 Å².